The zero-order valence-electron chi connectivity index (χ0n) is 12.7. The molecular weight excluding hydrogens is 225 g/mol. The van der Waals surface area contributed by atoms with Gasteiger partial charge in [-0.15, -0.1) is 20.4 Å². The van der Waals surface area contributed by atoms with Gasteiger partial charge in [0, 0.05) is 18.0 Å². The molecular formula is C15H30NP. The Bertz CT molecular complexity index is 272. The molecule has 0 amide bonds. The van der Waals surface area contributed by atoms with Crippen LogP contribution in [0, 0.1) is 17.3 Å². The lowest BCUT2D eigenvalue weighted by atomic mass is 9.77. The lowest BCUT2D eigenvalue weighted by Gasteiger charge is -2.38. The van der Waals surface area contributed by atoms with Crippen molar-refractivity contribution in [2.75, 3.05) is 12.8 Å². The second kappa shape index (κ2) is 7.40. The average Bonchev–Trinajstić information content (AvgIpc) is 2.11. The van der Waals surface area contributed by atoms with Gasteiger partial charge in [-0.2, -0.15) is 0 Å². The molecule has 1 nitrogen and oxygen atoms in total. The Morgan fingerprint density at radius 2 is 1.82 bits per heavy atom. The van der Waals surface area contributed by atoms with E-state index in [9.17, 15) is 0 Å². The minimum atomic E-state index is 0.192. The third-order valence-corrected chi connectivity index (χ3v) is 4.05. The van der Waals surface area contributed by atoms with Crippen molar-refractivity contribution in [3.63, 3.8) is 0 Å². The maximum Gasteiger partial charge on any atom is 0.0146 e. The van der Waals surface area contributed by atoms with Crippen LogP contribution in [0.1, 0.15) is 54.4 Å². The molecule has 0 saturated heterocycles. The number of hydrogen-bond acceptors (Lipinski definition) is 1. The van der Waals surface area contributed by atoms with Crippen LogP contribution in [-0.2, 0) is 0 Å². The molecule has 0 radical (unpaired) electrons. The molecule has 0 bridgehead atoms. The SMILES string of the molecule is CC#CCC(C)(CPC)CC(C)(C)NC(C)C. The van der Waals surface area contributed by atoms with E-state index in [-0.39, 0.29) is 5.54 Å². The molecule has 2 heteroatoms. The molecule has 1 N–H and O–H groups in total. The Balaban J connectivity index is 4.64. The van der Waals surface area contributed by atoms with Crippen LogP contribution in [0.25, 0.3) is 0 Å². The number of rotatable bonds is 7. The van der Waals surface area contributed by atoms with Crippen molar-refractivity contribution in [2.45, 2.75) is 66.0 Å². The van der Waals surface area contributed by atoms with Gasteiger partial charge in [0.1, 0.15) is 0 Å². The average molecular weight is 255 g/mol. The molecule has 0 heterocycles. The fourth-order valence-corrected chi connectivity index (χ4v) is 3.92. The highest BCUT2D eigenvalue weighted by Crippen LogP contribution is 2.36. The highest BCUT2D eigenvalue weighted by atomic mass is 31.1. The van der Waals surface area contributed by atoms with Crippen molar-refractivity contribution in [3.05, 3.63) is 0 Å². The lowest BCUT2D eigenvalue weighted by molar-refractivity contribution is 0.220. The summed E-state index contributed by atoms with van der Waals surface area (Å²) < 4.78 is 0. The minimum absolute atomic E-state index is 0.192. The van der Waals surface area contributed by atoms with Crippen molar-refractivity contribution in [1.82, 2.24) is 5.32 Å². The van der Waals surface area contributed by atoms with E-state index in [1.807, 2.05) is 6.92 Å². The molecule has 0 saturated carbocycles. The molecule has 0 fully saturated rings. The Morgan fingerprint density at radius 1 is 1.24 bits per heavy atom. The van der Waals surface area contributed by atoms with Crippen LogP contribution in [0.5, 0.6) is 0 Å². The van der Waals surface area contributed by atoms with Gasteiger partial charge in [0.25, 0.3) is 0 Å². The van der Waals surface area contributed by atoms with E-state index in [1.165, 1.54) is 12.6 Å². The van der Waals surface area contributed by atoms with Gasteiger partial charge in [0.15, 0.2) is 0 Å². The third-order valence-electron chi connectivity index (χ3n) is 2.84. The monoisotopic (exact) mass is 255 g/mol. The molecule has 0 aromatic carbocycles. The van der Waals surface area contributed by atoms with Gasteiger partial charge in [-0.25, -0.2) is 0 Å². The first-order valence-corrected chi connectivity index (χ1v) is 8.27. The Hall–Kier alpha value is -0.0500. The van der Waals surface area contributed by atoms with Crippen LogP contribution >= 0.6 is 8.58 Å². The zero-order chi connectivity index (χ0) is 13.5. The maximum absolute atomic E-state index is 3.66. The minimum Gasteiger partial charge on any atom is -0.310 e. The summed E-state index contributed by atoms with van der Waals surface area (Å²) in [7, 11) is 1.01. The topological polar surface area (TPSA) is 12.0 Å². The van der Waals surface area contributed by atoms with Gasteiger partial charge in [-0.1, -0.05) is 20.8 Å². The predicted octanol–water partition coefficient (Wildman–Crippen LogP) is 3.88. The van der Waals surface area contributed by atoms with E-state index in [0.717, 1.165) is 15.0 Å². The highest BCUT2D eigenvalue weighted by Gasteiger charge is 2.31. The van der Waals surface area contributed by atoms with Gasteiger partial charge < -0.3 is 5.32 Å². The van der Waals surface area contributed by atoms with Crippen LogP contribution in [0.4, 0.5) is 0 Å². The van der Waals surface area contributed by atoms with Crippen LogP contribution in [0.2, 0.25) is 0 Å². The zero-order valence-corrected chi connectivity index (χ0v) is 13.7. The Morgan fingerprint density at radius 3 is 2.24 bits per heavy atom. The van der Waals surface area contributed by atoms with Gasteiger partial charge >= 0.3 is 0 Å². The molecule has 0 rings (SSSR count). The van der Waals surface area contributed by atoms with Gasteiger partial charge in [-0.05, 0) is 45.4 Å². The summed E-state index contributed by atoms with van der Waals surface area (Å²) in [5.74, 6) is 6.32. The number of nitrogens with one attached hydrogen (secondary N) is 1. The molecule has 100 valence electrons. The summed E-state index contributed by atoms with van der Waals surface area (Å²) in [5.41, 5.74) is 0.541. The molecule has 17 heavy (non-hydrogen) atoms. The fourth-order valence-electron chi connectivity index (χ4n) is 2.82. The van der Waals surface area contributed by atoms with E-state index in [2.05, 4.69) is 58.4 Å². The summed E-state index contributed by atoms with van der Waals surface area (Å²) in [4.78, 5) is 0. The van der Waals surface area contributed by atoms with E-state index >= 15 is 0 Å². The number of hydrogen-bond donors (Lipinski definition) is 1. The van der Waals surface area contributed by atoms with Gasteiger partial charge in [-0.3, -0.25) is 0 Å². The quantitative estimate of drug-likeness (QED) is 0.538. The lowest BCUT2D eigenvalue weighted by Crippen LogP contribution is -2.47. The second-order valence-electron chi connectivity index (χ2n) is 6.30. The van der Waals surface area contributed by atoms with Crippen LogP contribution in [0.3, 0.4) is 0 Å². The largest absolute Gasteiger partial charge is 0.310 e. The van der Waals surface area contributed by atoms with Crippen molar-refractivity contribution >= 4 is 8.58 Å². The molecule has 0 spiro atoms. The summed E-state index contributed by atoms with van der Waals surface area (Å²) in [6, 6.07) is 0.538. The Labute approximate surface area is 110 Å². The summed E-state index contributed by atoms with van der Waals surface area (Å²) in [5, 5.41) is 3.66. The summed E-state index contributed by atoms with van der Waals surface area (Å²) in [6.07, 6.45) is 3.49. The van der Waals surface area contributed by atoms with Crippen LogP contribution in [-0.4, -0.2) is 24.4 Å². The third kappa shape index (κ3) is 7.80. The molecule has 0 aliphatic heterocycles. The highest BCUT2D eigenvalue weighted by molar-refractivity contribution is 7.37. The first kappa shape index (κ1) is 16.9. The van der Waals surface area contributed by atoms with Crippen molar-refractivity contribution < 1.29 is 0 Å². The van der Waals surface area contributed by atoms with Gasteiger partial charge in [0.2, 0.25) is 0 Å². The molecule has 0 aliphatic carbocycles. The summed E-state index contributed by atoms with van der Waals surface area (Å²) in [6.45, 7) is 15.7. The second-order valence-corrected chi connectivity index (χ2v) is 7.36. The molecule has 0 aliphatic rings. The predicted molar refractivity (Wildman–Crippen MR) is 82.2 cm³/mol. The fraction of sp³-hybridized carbons (Fsp3) is 0.867. The van der Waals surface area contributed by atoms with E-state index in [1.54, 1.807) is 0 Å². The first-order chi connectivity index (χ1) is 7.74. The van der Waals surface area contributed by atoms with Crippen molar-refractivity contribution in [1.29, 1.82) is 0 Å². The first-order valence-electron chi connectivity index (χ1n) is 6.56. The molecule has 0 aromatic heterocycles. The summed E-state index contributed by atoms with van der Waals surface area (Å²) >= 11 is 0. The maximum atomic E-state index is 3.66. The normalized spacial score (nSPS) is 16.0. The molecule has 2 atom stereocenters. The van der Waals surface area contributed by atoms with E-state index in [0.29, 0.717) is 11.5 Å². The molecule has 2 unspecified atom stereocenters. The van der Waals surface area contributed by atoms with Crippen molar-refractivity contribution in [3.8, 4) is 11.8 Å². The Kier molecular flexibility index (Phi) is 7.38. The smallest absolute Gasteiger partial charge is 0.0146 e. The van der Waals surface area contributed by atoms with E-state index < -0.39 is 0 Å². The van der Waals surface area contributed by atoms with Crippen LogP contribution < -0.4 is 5.32 Å². The van der Waals surface area contributed by atoms with Gasteiger partial charge in [0.05, 0.1) is 0 Å². The molecule has 0 aromatic rings. The van der Waals surface area contributed by atoms with E-state index in [4.69, 9.17) is 0 Å². The standard InChI is InChI=1S/C15H30NP/c1-8-9-10-15(6,12-17-7)11-14(4,5)16-13(2)3/h13,16-17H,10-12H2,1-7H3. The van der Waals surface area contributed by atoms with Crippen molar-refractivity contribution in [2.24, 2.45) is 5.41 Å². The van der Waals surface area contributed by atoms with Crippen LogP contribution in [0.15, 0.2) is 0 Å².